The number of hydrogen-bond acceptors (Lipinski definition) is 3. The normalized spacial score (nSPS) is 10.3. The molecule has 0 aliphatic carbocycles. The van der Waals surface area contributed by atoms with E-state index in [1.165, 1.54) is 25.3 Å². The first-order valence-electron chi connectivity index (χ1n) is 5.88. The Bertz CT molecular complexity index is 594. The monoisotopic (exact) mass is 259 g/mol. The van der Waals surface area contributed by atoms with E-state index in [9.17, 15) is 9.18 Å². The Morgan fingerprint density at radius 3 is 2.68 bits per heavy atom. The summed E-state index contributed by atoms with van der Waals surface area (Å²) in [6.07, 6.45) is 1.85. The lowest BCUT2D eigenvalue weighted by molar-refractivity contribution is 0.0992. The molecule has 0 saturated heterocycles. The standard InChI is InChI=1S/C15H14FNO2/c1-10-7-12(16)4-5-13(10)14(18)8-11-3-6-15(19-2)17-9-11/h3-7,9H,8H2,1-2H3. The van der Waals surface area contributed by atoms with E-state index < -0.39 is 0 Å². The summed E-state index contributed by atoms with van der Waals surface area (Å²) in [6.45, 7) is 1.72. The number of aromatic nitrogens is 1. The molecule has 0 aliphatic rings. The predicted molar refractivity (Wildman–Crippen MR) is 70.0 cm³/mol. The third-order valence-electron chi connectivity index (χ3n) is 2.86. The van der Waals surface area contributed by atoms with Crippen molar-refractivity contribution in [1.82, 2.24) is 4.98 Å². The first kappa shape index (κ1) is 13.2. The number of nitrogens with zero attached hydrogens (tertiary/aromatic N) is 1. The van der Waals surface area contributed by atoms with E-state index in [-0.39, 0.29) is 18.0 Å². The molecule has 0 bridgehead atoms. The number of ether oxygens (including phenoxy) is 1. The van der Waals surface area contributed by atoms with Gasteiger partial charge in [-0.2, -0.15) is 0 Å². The van der Waals surface area contributed by atoms with Gasteiger partial charge in [0.2, 0.25) is 5.88 Å². The summed E-state index contributed by atoms with van der Waals surface area (Å²) in [7, 11) is 1.54. The number of carbonyl (C=O) groups is 1. The van der Waals surface area contributed by atoms with Gasteiger partial charge in [0.05, 0.1) is 7.11 Å². The number of benzene rings is 1. The van der Waals surface area contributed by atoms with Crippen LogP contribution in [0.25, 0.3) is 0 Å². The maximum absolute atomic E-state index is 13.0. The van der Waals surface area contributed by atoms with E-state index in [1.807, 2.05) is 0 Å². The average molecular weight is 259 g/mol. The second-order valence-electron chi connectivity index (χ2n) is 4.27. The summed E-state index contributed by atoms with van der Waals surface area (Å²) >= 11 is 0. The van der Waals surface area contributed by atoms with E-state index in [0.29, 0.717) is 17.0 Å². The molecule has 19 heavy (non-hydrogen) atoms. The molecule has 0 saturated carbocycles. The van der Waals surface area contributed by atoms with E-state index in [4.69, 9.17) is 4.74 Å². The number of pyridine rings is 1. The molecule has 0 spiro atoms. The summed E-state index contributed by atoms with van der Waals surface area (Å²) in [4.78, 5) is 16.2. The van der Waals surface area contributed by atoms with Gasteiger partial charge in [0.1, 0.15) is 5.82 Å². The molecule has 1 aromatic heterocycles. The SMILES string of the molecule is COc1ccc(CC(=O)c2ccc(F)cc2C)cn1. The Morgan fingerprint density at radius 2 is 2.11 bits per heavy atom. The fourth-order valence-corrected chi connectivity index (χ4v) is 1.86. The van der Waals surface area contributed by atoms with Crippen molar-refractivity contribution < 1.29 is 13.9 Å². The molecule has 0 amide bonds. The lowest BCUT2D eigenvalue weighted by Crippen LogP contribution is -2.06. The lowest BCUT2D eigenvalue weighted by atomic mass is 10.00. The van der Waals surface area contributed by atoms with E-state index in [2.05, 4.69) is 4.98 Å². The highest BCUT2D eigenvalue weighted by Crippen LogP contribution is 2.14. The predicted octanol–water partition coefficient (Wildman–Crippen LogP) is 2.96. The molecule has 1 aromatic carbocycles. The van der Waals surface area contributed by atoms with Gasteiger partial charge in [-0.1, -0.05) is 6.07 Å². The highest BCUT2D eigenvalue weighted by atomic mass is 19.1. The molecule has 0 atom stereocenters. The summed E-state index contributed by atoms with van der Waals surface area (Å²) in [6, 6.07) is 7.68. The fourth-order valence-electron chi connectivity index (χ4n) is 1.86. The molecule has 0 aliphatic heterocycles. The zero-order valence-corrected chi connectivity index (χ0v) is 10.8. The van der Waals surface area contributed by atoms with Gasteiger partial charge in [0.15, 0.2) is 5.78 Å². The molecule has 2 rings (SSSR count). The van der Waals surface area contributed by atoms with Gasteiger partial charge in [-0.15, -0.1) is 0 Å². The molecule has 2 aromatic rings. The van der Waals surface area contributed by atoms with E-state index in [0.717, 1.165) is 5.56 Å². The van der Waals surface area contributed by atoms with Crippen molar-refractivity contribution in [3.8, 4) is 5.88 Å². The molecule has 3 nitrogen and oxygen atoms in total. The topological polar surface area (TPSA) is 39.2 Å². The van der Waals surface area contributed by atoms with Gasteiger partial charge in [0, 0.05) is 24.2 Å². The van der Waals surface area contributed by atoms with Crippen LogP contribution in [0.2, 0.25) is 0 Å². The third kappa shape index (κ3) is 3.16. The number of Topliss-reactive ketones (excluding diaryl/α,β-unsaturated/α-hetero) is 1. The van der Waals surface area contributed by atoms with Crippen LogP contribution in [0, 0.1) is 12.7 Å². The van der Waals surface area contributed by atoms with Gasteiger partial charge >= 0.3 is 0 Å². The average Bonchev–Trinajstić information content (AvgIpc) is 2.39. The zero-order chi connectivity index (χ0) is 13.8. The van der Waals surface area contributed by atoms with Crippen LogP contribution < -0.4 is 4.74 Å². The van der Waals surface area contributed by atoms with Crippen molar-refractivity contribution >= 4 is 5.78 Å². The fraction of sp³-hybridized carbons (Fsp3) is 0.200. The number of rotatable bonds is 4. The van der Waals surface area contributed by atoms with Gasteiger partial charge in [-0.25, -0.2) is 9.37 Å². The van der Waals surface area contributed by atoms with Crippen molar-refractivity contribution in [3.63, 3.8) is 0 Å². The minimum atomic E-state index is -0.333. The Kier molecular flexibility index (Phi) is 3.90. The van der Waals surface area contributed by atoms with Gasteiger partial charge < -0.3 is 4.74 Å². The highest BCUT2D eigenvalue weighted by molar-refractivity contribution is 5.98. The van der Waals surface area contributed by atoms with Crippen molar-refractivity contribution in [1.29, 1.82) is 0 Å². The van der Waals surface area contributed by atoms with Crippen molar-refractivity contribution in [2.45, 2.75) is 13.3 Å². The van der Waals surface area contributed by atoms with Crippen LogP contribution in [0.5, 0.6) is 5.88 Å². The van der Waals surface area contributed by atoms with Crippen LogP contribution in [-0.2, 0) is 6.42 Å². The molecule has 0 unspecified atom stereocenters. The number of aryl methyl sites for hydroxylation is 1. The van der Waals surface area contributed by atoms with Crippen LogP contribution in [0.3, 0.4) is 0 Å². The Balaban J connectivity index is 2.15. The Labute approximate surface area is 111 Å². The summed E-state index contributed by atoms with van der Waals surface area (Å²) < 4.78 is 17.9. The number of hydrogen-bond donors (Lipinski definition) is 0. The van der Waals surface area contributed by atoms with Crippen LogP contribution >= 0.6 is 0 Å². The van der Waals surface area contributed by atoms with E-state index in [1.54, 1.807) is 25.3 Å². The summed E-state index contributed by atoms with van der Waals surface area (Å²) in [5.74, 6) is 0.124. The molecular formula is C15H14FNO2. The lowest BCUT2D eigenvalue weighted by Gasteiger charge is -2.05. The smallest absolute Gasteiger partial charge is 0.212 e. The highest BCUT2D eigenvalue weighted by Gasteiger charge is 2.11. The van der Waals surface area contributed by atoms with Crippen LogP contribution in [0.4, 0.5) is 4.39 Å². The Morgan fingerprint density at radius 1 is 1.32 bits per heavy atom. The quantitative estimate of drug-likeness (QED) is 0.792. The molecule has 0 N–H and O–H groups in total. The van der Waals surface area contributed by atoms with E-state index >= 15 is 0 Å². The largest absolute Gasteiger partial charge is 0.481 e. The summed E-state index contributed by atoms with van der Waals surface area (Å²) in [5, 5.41) is 0. The number of carbonyl (C=O) groups excluding carboxylic acids is 1. The molecule has 1 heterocycles. The second-order valence-corrected chi connectivity index (χ2v) is 4.27. The van der Waals surface area contributed by atoms with Crippen molar-refractivity contribution in [3.05, 3.63) is 59.0 Å². The zero-order valence-electron chi connectivity index (χ0n) is 10.8. The number of halogens is 1. The first-order chi connectivity index (χ1) is 9.10. The molecule has 98 valence electrons. The maximum atomic E-state index is 13.0. The minimum Gasteiger partial charge on any atom is -0.481 e. The molecule has 0 radical (unpaired) electrons. The van der Waals surface area contributed by atoms with Crippen molar-refractivity contribution in [2.75, 3.05) is 7.11 Å². The molecule has 0 fully saturated rings. The van der Waals surface area contributed by atoms with Crippen LogP contribution in [0.1, 0.15) is 21.5 Å². The summed E-state index contributed by atoms with van der Waals surface area (Å²) in [5.41, 5.74) is 1.98. The number of methoxy groups -OCH3 is 1. The van der Waals surface area contributed by atoms with Gasteiger partial charge in [-0.05, 0) is 36.2 Å². The second kappa shape index (κ2) is 5.61. The molecular weight excluding hydrogens is 245 g/mol. The maximum Gasteiger partial charge on any atom is 0.212 e. The minimum absolute atomic E-state index is 0.0514. The first-order valence-corrected chi connectivity index (χ1v) is 5.88. The van der Waals surface area contributed by atoms with Crippen LogP contribution in [-0.4, -0.2) is 17.9 Å². The van der Waals surface area contributed by atoms with Crippen molar-refractivity contribution in [2.24, 2.45) is 0 Å². The van der Waals surface area contributed by atoms with Crippen LogP contribution in [0.15, 0.2) is 36.5 Å². The number of ketones is 1. The Hall–Kier alpha value is -2.23. The van der Waals surface area contributed by atoms with Gasteiger partial charge in [0.25, 0.3) is 0 Å². The third-order valence-corrected chi connectivity index (χ3v) is 2.86. The van der Waals surface area contributed by atoms with Gasteiger partial charge in [-0.3, -0.25) is 4.79 Å². The molecule has 4 heteroatoms.